The molecule has 0 rings (SSSR count). The van der Waals surface area contributed by atoms with Crippen LogP contribution in [0, 0.1) is 0 Å². The fourth-order valence-electron chi connectivity index (χ4n) is 1.99. The van der Waals surface area contributed by atoms with Crippen molar-refractivity contribution < 1.29 is 9.90 Å². The summed E-state index contributed by atoms with van der Waals surface area (Å²) in [5, 5.41) is 12.2. The number of unbranched alkanes of at least 4 members (excludes halogenated alkanes) is 6. The van der Waals surface area contributed by atoms with Gasteiger partial charge >= 0.3 is 5.97 Å². The van der Waals surface area contributed by atoms with E-state index in [4.69, 9.17) is 10.8 Å². The third-order valence-electron chi connectivity index (χ3n) is 3.17. The van der Waals surface area contributed by atoms with E-state index >= 15 is 0 Å². The van der Waals surface area contributed by atoms with Crippen molar-refractivity contribution in [2.24, 2.45) is 5.73 Å². The van der Waals surface area contributed by atoms with Crippen molar-refractivity contribution in [2.45, 2.75) is 70.8 Å². The number of carboxylic acid groups (broad SMARTS) is 1. The second-order valence-electron chi connectivity index (χ2n) is 4.90. The summed E-state index contributed by atoms with van der Waals surface area (Å²) in [4.78, 5) is 11.0. The second kappa shape index (κ2) is 12.8. The molecule has 0 radical (unpaired) electrons. The summed E-state index contributed by atoms with van der Waals surface area (Å²) in [5.41, 5.74) is 5.40. The summed E-state index contributed by atoms with van der Waals surface area (Å²) in [7, 11) is 0. The van der Waals surface area contributed by atoms with Crippen LogP contribution in [0.1, 0.15) is 64.7 Å². The van der Waals surface area contributed by atoms with Gasteiger partial charge in [-0.05, 0) is 32.4 Å². The van der Waals surface area contributed by atoms with Crippen LogP contribution < -0.4 is 11.1 Å². The van der Waals surface area contributed by atoms with Gasteiger partial charge in [0.15, 0.2) is 0 Å². The molecule has 4 N–H and O–H groups in total. The topological polar surface area (TPSA) is 75.3 Å². The first-order chi connectivity index (χ1) is 8.72. The molecule has 0 heterocycles. The van der Waals surface area contributed by atoms with Gasteiger partial charge in [-0.15, -0.1) is 0 Å². The molecule has 18 heavy (non-hydrogen) atoms. The molecule has 0 spiro atoms. The minimum atomic E-state index is -0.738. The average molecular weight is 258 g/mol. The maximum absolute atomic E-state index is 11.0. The number of carboxylic acids is 1. The molecule has 4 heteroatoms. The van der Waals surface area contributed by atoms with Crippen molar-refractivity contribution in [1.29, 1.82) is 0 Å². The van der Waals surface area contributed by atoms with E-state index in [0.29, 0.717) is 13.0 Å². The monoisotopic (exact) mass is 258 g/mol. The molecule has 1 unspecified atom stereocenters. The SMILES string of the molecule is CCCCCCCCNC(CCCCN)C(=O)O. The maximum atomic E-state index is 11.0. The highest BCUT2D eigenvalue weighted by atomic mass is 16.4. The molecule has 0 bridgehead atoms. The van der Waals surface area contributed by atoms with E-state index < -0.39 is 12.0 Å². The van der Waals surface area contributed by atoms with Crippen molar-refractivity contribution in [3.63, 3.8) is 0 Å². The Morgan fingerprint density at radius 2 is 1.78 bits per heavy atom. The molecule has 0 amide bonds. The van der Waals surface area contributed by atoms with Crippen LogP contribution in [0.4, 0.5) is 0 Å². The van der Waals surface area contributed by atoms with E-state index in [1.165, 1.54) is 32.1 Å². The fraction of sp³-hybridized carbons (Fsp3) is 0.929. The van der Waals surface area contributed by atoms with Crippen LogP contribution in [0.25, 0.3) is 0 Å². The Kier molecular flexibility index (Phi) is 12.4. The lowest BCUT2D eigenvalue weighted by molar-refractivity contribution is -0.139. The van der Waals surface area contributed by atoms with Gasteiger partial charge in [-0.1, -0.05) is 45.4 Å². The number of carbonyl (C=O) groups is 1. The molecule has 0 saturated heterocycles. The number of hydrogen-bond acceptors (Lipinski definition) is 3. The molecule has 0 aromatic rings. The highest BCUT2D eigenvalue weighted by molar-refractivity contribution is 5.73. The van der Waals surface area contributed by atoms with Crippen LogP contribution in [-0.2, 0) is 4.79 Å². The Hall–Kier alpha value is -0.610. The zero-order valence-electron chi connectivity index (χ0n) is 11.8. The highest BCUT2D eigenvalue weighted by Gasteiger charge is 2.15. The summed E-state index contributed by atoms with van der Waals surface area (Å²) in [6.45, 7) is 3.66. The molecule has 1 atom stereocenters. The Morgan fingerprint density at radius 3 is 2.39 bits per heavy atom. The van der Waals surface area contributed by atoms with Crippen molar-refractivity contribution in [1.82, 2.24) is 5.32 Å². The summed E-state index contributed by atoms with van der Waals surface area (Å²) < 4.78 is 0. The van der Waals surface area contributed by atoms with E-state index in [0.717, 1.165) is 25.8 Å². The van der Waals surface area contributed by atoms with E-state index in [1.807, 2.05) is 0 Å². The van der Waals surface area contributed by atoms with E-state index in [-0.39, 0.29) is 0 Å². The Morgan fingerprint density at radius 1 is 1.11 bits per heavy atom. The maximum Gasteiger partial charge on any atom is 0.320 e. The smallest absolute Gasteiger partial charge is 0.320 e. The molecule has 0 aromatic carbocycles. The minimum absolute atomic E-state index is 0.396. The highest BCUT2D eigenvalue weighted by Crippen LogP contribution is 2.05. The third-order valence-corrected chi connectivity index (χ3v) is 3.17. The summed E-state index contributed by atoms with van der Waals surface area (Å²) >= 11 is 0. The van der Waals surface area contributed by atoms with E-state index in [2.05, 4.69) is 12.2 Å². The van der Waals surface area contributed by atoms with Gasteiger partial charge in [-0.25, -0.2) is 0 Å². The molecule has 0 saturated carbocycles. The number of nitrogens with one attached hydrogen (secondary N) is 1. The molecular formula is C14H30N2O2. The van der Waals surface area contributed by atoms with Crippen molar-refractivity contribution in [3.8, 4) is 0 Å². The number of nitrogens with two attached hydrogens (primary N) is 1. The van der Waals surface area contributed by atoms with E-state index in [9.17, 15) is 4.79 Å². The van der Waals surface area contributed by atoms with Gasteiger partial charge in [0.25, 0.3) is 0 Å². The fourth-order valence-corrected chi connectivity index (χ4v) is 1.99. The average Bonchev–Trinajstić information content (AvgIpc) is 2.35. The number of aliphatic carboxylic acids is 1. The number of hydrogen-bond donors (Lipinski definition) is 3. The molecule has 108 valence electrons. The lowest BCUT2D eigenvalue weighted by atomic mass is 10.1. The summed E-state index contributed by atoms with van der Waals surface area (Å²) in [6, 6.07) is -0.396. The minimum Gasteiger partial charge on any atom is -0.480 e. The second-order valence-corrected chi connectivity index (χ2v) is 4.90. The molecule has 0 aliphatic rings. The van der Waals surface area contributed by atoms with Gasteiger partial charge in [-0.2, -0.15) is 0 Å². The first-order valence-electron chi connectivity index (χ1n) is 7.38. The summed E-state index contributed by atoms with van der Waals surface area (Å²) in [5.74, 6) is -0.738. The van der Waals surface area contributed by atoms with Gasteiger partial charge < -0.3 is 16.2 Å². The Balaban J connectivity index is 3.49. The molecule has 0 aromatic heterocycles. The van der Waals surface area contributed by atoms with E-state index in [1.54, 1.807) is 0 Å². The van der Waals surface area contributed by atoms with Crippen LogP contribution in [-0.4, -0.2) is 30.2 Å². The zero-order valence-corrected chi connectivity index (χ0v) is 11.8. The lowest BCUT2D eigenvalue weighted by Gasteiger charge is -2.14. The molecule has 0 aliphatic heterocycles. The van der Waals surface area contributed by atoms with Crippen molar-refractivity contribution in [3.05, 3.63) is 0 Å². The van der Waals surface area contributed by atoms with Crippen LogP contribution in [0.3, 0.4) is 0 Å². The van der Waals surface area contributed by atoms with Crippen molar-refractivity contribution in [2.75, 3.05) is 13.1 Å². The van der Waals surface area contributed by atoms with Gasteiger partial charge in [0, 0.05) is 0 Å². The molecule has 0 aliphatic carbocycles. The van der Waals surface area contributed by atoms with Crippen LogP contribution in [0.15, 0.2) is 0 Å². The van der Waals surface area contributed by atoms with Crippen LogP contribution in [0.2, 0.25) is 0 Å². The zero-order chi connectivity index (χ0) is 13.6. The third kappa shape index (κ3) is 10.5. The van der Waals surface area contributed by atoms with Crippen molar-refractivity contribution >= 4 is 5.97 Å². The Labute approximate surface area is 111 Å². The van der Waals surface area contributed by atoms with Gasteiger partial charge in [-0.3, -0.25) is 4.79 Å². The Bertz CT molecular complexity index is 198. The predicted molar refractivity (Wildman–Crippen MR) is 75.7 cm³/mol. The quantitative estimate of drug-likeness (QED) is 0.444. The van der Waals surface area contributed by atoms with Crippen LogP contribution >= 0.6 is 0 Å². The number of rotatable bonds is 13. The lowest BCUT2D eigenvalue weighted by Crippen LogP contribution is -2.37. The summed E-state index contributed by atoms with van der Waals surface area (Å²) in [6.07, 6.45) is 9.88. The first-order valence-corrected chi connectivity index (χ1v) is 7.38. The normalized spacial score (nSPS) is 12.6. The van der Waals surface area contributed by atoms with Crippen LogP contribution in [0.5, 0.6) is 0 Å². The van der Waals surface area contributed by atoms with Gasteiger partial charge in [0.1, 0.15) is 6.04 Å². The first kappa shape index (κ1) is 17.4. The molecule has 4 nitrogen and oxygen atoms in total. The standard InChI is InChI=1S/C14H30N2O2/c1-2-3-4-5-6-9-12-16-13(14(17)18)10-7-8-11-15/h13,16H,2-12,15H2,1H3,(H,17,18). The largest absolute Gasteiger partial charge is 0.480 e. The van der Waals surface area contributed by atoms with Gasteiger partial charge in [0.05, 0.1) is 0 Å². The molecule has 0 fully saturated rings. The molecular weight excluding hydrogens is 228 g/mol. The predicted octanol–water partition coefficient (Wildman–Crippen LogP) is 2.52. The van der Waals surface area contributed by atoms with Gasteiger partial charge in [0.2, 0.25) is 0 Å².